The molecule has 0 aromatic heterocycles. The summed E-state index contributed by atoms with van der Waals surface area (Å²) in [5.41, 5.74) is -0.837. The van der Waals surface area contributed by atoms with Crippen molar-refractivity contribution < 1.29 is 14.3 Å². The lowest BCUT2D eigenvalue weighted by molar-refractivity contribution is -0.157. The Morgan fingerprint density at radius 1 is 1.33 bits per heavy atom. The van der Waals surface area contributed by atoms with E-state index in [-0.39, 0.29) is 23.8 Å². The molecular weight excluding hydrogens is 232 g/mol. The fourth-order valence-corrected chi connectivity index (χ4v) is 2.27. The predicted molar refractivity (Wildman–Crippen MR) is 69.0 cm³/mol. The molecule has 0 saturated carbocycles. The van der Waals surface area contributed by atoms with E-state index in [1.165, 1.54) is 0 Å². The van der Waals surface area contributed by atoms with Crippen LogP contribution in [0.2, 0.25) is 0 Å². The van der Waals surface area contributed by atoms with Crippen molar-refractivity contribution >= 4 is 11.8 Å². The molecule has 0 aromatic carbocycles. The van der Waals surface area contributed by atoms with Crippen molar-refractivity contribution in [2.45, 2.75) is 52.3 Å². The highest BCUT2D eigenvalue weighted by Crippen LogP contribution is 2.23. The van der Waals surface area contributed by atoms with E-state index in [4.69, 9.17) is 4.74 Å². The van der Waals surface area contributed by atoms with Crippen molar-refractivity contribution in [2.24, 2.45) is 5.92 Å². The van der Waals surface area contributed by atoms with Crippen molar-refractivity contribution in [1.82, 2.24) is 10.2 Å². The Hall–Kier alpha value is -1.10. The SMILES string of the molecule is COC(C)CN1C(=O)C(C)(C)NC(=O)C1C(C)C. The van der Waals surface area contributed by atoms with Gasteiger partial charge in [-0.15, -0.1) is 0 Å². The molecule has 1 aliphatic rings. The fraction of sp³-hybridized carbons (Fsp3) is 0.846. The van der Waals surface area contributed by atoms with E-state index in [0.29, 0.717) is 6.54 Å². The van der Waals surface area contributed by atoms with Gasteiger partial charge < -0.3 is 15.0 Å². The highest BCUT2D eigenvalue weighted by atomic mass is 16.5. The number of nitrogens with zero attached hydrogens (tertiary/aromatic N) is 1. The molecule has 1 saturated heterocycles. The number of rotatable bonds is 4. The summed E-state index contributed by atoms with van der Waals surface area (Å²) in [4.78, 5) is 26.2. The zero-order valence-corrected chi connectivity index (χ0v) is 12.1. The average molecular weight is 256 g/mol. The fourth-order valence-electron chi connectivity index (χ4n) is 2.27. The largest absolute Gasteiger partial charge is 0.380 e. The standard InChI is InChI=1S/C13H24N2O3/c1-8(2)10-11(16)14-13(4,5)12(17)15(10)7-9(3)18-6/h8-10H,7H2,1-6H3,(H,14,16). The number of hydrogen-bond donors (Lipinski definition) is 1. The van der Waals surface area contributed by atoms with Gasteiger partial charge in [-0.1, -0.05) is 13.8 Å². The Labute approximate surface area is 109 Å². The minimum Gasteiger partial charge on any atom is -0.380 e. The van der Waals surface area contributed by atoms with Crippen LogP contribution < -0.4 is 5.32 Å². The first-order valence-electron chi connectivity index (χ1n) is 6.36. The highest BCUT2D eigenvalue weighted by Gasteiger charge is 2.46. The lowest BCUT2D eigenvalue weighted by Gasteiger charge is -2.45. The van der Waals surface area contributed by atoms with Crippen LogP contribution in [0.3, 0.4) is 0 Å². The van der Waals surface area contributed by atoms with E-state index in [2.05, 4.69) is 5.32 Å². The molecule has 0 aromatic rings. The third-order valence-corrected chi connectivity index (χ3v) is 3.32. The first-order chi connectivity index (χ1) is 8.20. The van der Waals surface area contributed by atoms with E-state index in [9.17, 15) is 9.59 Å². The number of nitrogens with one attached hydrogen (secondary N) is 1. The molecule has 0 aliphatic carbocycles. The molecule has 18 heavy (non-hydrogen) atoms. The Balaban J connectivity index is 3.02. The summed E-state index contributed by atoms with van der Waals surface area (Å²) in [6, 6.07) is -0.414. The number of hydrogen-bond acceptors (Lipinski definition) is 3. The molecule has 1 rings (SSSR count). The molecular formula is C13H24N2O3. The van der Waals surface area contributed by atoms with E-state index in [0.717, 1.165) is 0 Å². The van der Waals surface area contributed by atoms with Gasteiger partial charge in [0.05, 0.1) is 6.10 Å². The van der Waals surface area contributed by atoms with Gasteiger partial charge >= 0.3 is 0 Å². The molecule has 5 heteroatoms. The lowest BCUT2D eigenvalue weighted by Crippen LogP contribution is -2.70. The molecule has 2 unspecified atom stereocenters. The first kappa shape index (κ1) is 15.0. The van der Waals surface area contributed by atoms with Crippen molar-refractivity contribution in [2.75, 3.05) is 13.7 Å². The van der Waals surface area contributed by atoms with Crippen LogP contribution in [0.25, 0.3) is 0 Å². The van der Waals surface area contributed by atoms with E-state index in [1.807, 2.05) is 20.8 Å². The van der Waals surface area contributed by atoms with Crippen LogP contribution >= 0.6 is 0 Å². The third-order valence-electron chi connectivity index (χ3n) is 3.32. The van der Waals surface area contributed by atoms with Gasteiger partial charge in [-0.25, -0.2) is 0 Å². The summed E-state index contributed by atoms with van der Waals surface area (Å²) in [5.74, 6) is -0.0586. The molecule has 1 fully saturated rings. The second-order valence-electron chi connectivity index (χ2n) is 5.81. The van der Waals surface area contributed by atoms with Gasteiger partial charge in [-0.3, -0.25) is 9.59 Å². The zero-order valence-electron chi connectivity index (χ0n) is 12.1. The molecule has 104 valence electrons. The van der Waals surface area contributed by atoms with Gasteiger partial charge in [0.1, 0.15) is 11.6 Å². The van der Waals surface area contributed by atoms with Crippen LogP contribution in [0.15, 0.2) is 0 Å². The quantitative estimate of drug-likeness (QED) is 0.809. The Morgan fingerprint density at radius 3 is 2.33 bits per heavy atom. The van der Waals surface area contributed by atoms with Crippen LogP contribution in [0.4, 0.5) is 0 Å². The maximum absolute atomic E-state index is 12.4. The molecule has 1 N–H and O–H groups in total. The molecule has 1 aliphatic heterocycles. The normalized spacial score (nSPS) is 25.3. The van der Waals surface area contributed by atoms with Crippen molar-refractivity contribution in [3.8, 4) is 0 Å². The first-order valence-corrected chi connectivity index (χ1v) is 6.36. The van der Waals surface area contributed by atoms with Gasteiger partial charge in [-0.2, -0.15) is 0 Å². The third kappa shape index (κ3) is 2.83. The summed E-state index contributed by atoms with van der Waals surface area (Å²) in [7, 11) is 1.61. The van der Waals surface area contributed by atoms with Gasteiger partial charge in [0.15, 0.2) is 0 Å². The maximum atomic E-state index is 12.4. The maximum Gasteiger partial charge on any atom is 0.248 e. The molecule has 1 heterocycles. The van der Waals surface area contributed by atoms with Crippen LogP contribution in [0.5, 0.6) is 0 Å². The number of carbonyl (C=O) groups excluding carboxylic acids is 2. The van der Waals surface area contributed by atoms with Crippen LogP contribution in [0, 0.1) is 5.92 Å². The Morgan fingerprint density at radius 2 is 1.89 bits per heavy atom. The minimum absolute atomic E-state index is 0.0512. The van der Waals surface area contributed by atoms with E-state index < -0.39 is 11.6 Å². The second-order valence-corrected chi connectivity index (χ2v) is 5.81. The lowest BCUT2D eigenvalue weighted by atomic mass is 9.91. The number of ether oxygens (including phenoxy) is 1. The van der Waals surface area contributed by atoms with Crippen molar-refractivity contribution in [3.05, 3.63) is 0 Å². The summed E-state index contributed by atoms with van der Waals surface area (Å²) in [6.07, 6.45) is -0.0862. The van der Waals surface area contributed by atoms with Gasteiger partial charge in [0.2, 0.25) is 11.8 Å². The number of piperazine rings is 1. The van der Waals surface area contributed by atoms with E-state index in [1.54, 1.807) is 25.9 Å². The predicted octanol–water partition coefficient (Wildman–Crippen LogP) is 0.783. The van der Waals surface area contributed by atoms with Crippen LogP contribution in [-0.2, 0) is 14.3 Å². The van der Waals surface area contributed by atoms with Crippen LogP contribution in [0.1, 0.15) is 34.6 Å². The van der Waals surface area contributed by atoms with Gasteiger partial charge in [0, 0.05) is 13.7 Å². The smallest absolute Gasteiger partial charge is 0.248 e. The topological polar surface area (TPSA) is 58.6 Å². The summed E-state index contributed by atoms with van der Waals surface area (Å²) in [6.45, 7) is 9.68. The molecule has 2 amide bonds. The number of carbonyl (C=O) groups is 2. The van der Waals surface area contributed by atoms with Crippen molar-refractivity contribution in [1.29, 1.82) is 0 Å². The summed E-state index contributed by atoms with van der Waals surface area (Å²) in [5, 5.41) is 2.79. The van der Waals surface area contributed by atoms with Crippen LogP contribution in [-0.4, -0.2) is 48.1 Å². The molecule has 0 spiro atoms. The highest BCUT2D eigenvalue weighted by molar-refractivity contribution is 5.99. The van der Waals surface area contributed by atoms with Gasteiger partial charge in [-0.05, 0) is 26.7 Å². The minimum atomic E-state index is -0.837. The summed E-state index contributed by atoms with van der Waals surface area (Å²) >= 11 is 0. The molecule has 0 radical (unpaired) electrons. The molecule has 2 atom stereocenters. The van der Waals surface area contributed by atoms with E-state index >= 15 is 0 Å². The summed E-state index contributed by atoms with van der Waals surface area (Å²) < 4.78 is 5.21. The number of methoxy groups -OCH3 is 1. The Kier molecular flexibility index (Phi) is 4.37. The monoisotopic (exact) mass is 256 g/mol. The van der Waals surface area contributed by atoms with Crippen molar-refractivity contribution in [3.63, 3.8) is 0 Å². The molecule has 0 bridgehead atoms. The molecule has 5 nitrogen and oxygen atoms in total. The Bertz CT molecular complexity index is 339. The zero-order chi connectivity index (χ0) is 14.1. The average Bonchev–Trinajstić information content (AvgIpc) is 2.24. The number of amides is 2. The van der Waals surface area contributed by atoms with Gasteiger partial charge in [0.25, 0.3) is 0 Å². The second kappa shape index (κ2) is 5.26.